The molecule has 2 rings (SSSR count). The lowest BCUT2D eigenvalue weighted by atomic mass is 10.1. The molecule has 0 unspecified atom stereocenters. The van der Waals surface area contributed by atoms with Gasteiger partial charge in [0.25, 0.3) is 0 Å². The van der Waals surface area contributed by atoms with Crippen LogP contribution in [0.15, 0.2) is 30.5 Å². The number of phenolic OH excluding ortho intramolecular Hbond substituents is 1. The van der Waals surface area contributed by atoms with Crippen LogP contribution < -0.4 is 5.32 Å². The van der Waals surface area contributed by atoms with Gasteiger partial charge in [-0.25, -0.2) is 0 Å². The van der Waals surface area contributed by atoms with E-state index in [9.17, 15) is 9.90 Å². The van der Waals surface area contributed by atoms with Crippen LogP contribution in [0, 0.1) is 0 Å². The van der Waals surface area contributed by atoms with Crippen LogP contribution in [-0.2, 0) is 11.3 Å². The summed E-state index contributed by atoms with van der Waals surface area (Å²) < 4.78 is 1.65. The number of benzene rings is 1. The highest BCUT2D eigenvalue weighted by atomic mass is 16.3. The summed E-state index contributed by atoms with van der Waals surface area (Å²) in [6.45, 7) is 2.54. The first-order valence-electron chi connectivity index (χ1n) is 5.59. The molecule has 6 heteroatoms. The van der Waals surface area contributed by atoms with Crippen LogP contribution in [0.25, 0.3) is 11.3 Å². The molecule has 0 saturated heterocycles. The van der Waals surface area contributed by atoms with Crippen molar-refractivity contribution in [1.82, 2.24) is 20.3 Å². The maximum absolute atomic E-state index is 10.7. The Morgan fingerprint density at radius 2 is 2.33 bits per heavy atom. The van der Waals surface area contributed by atoms with E-state index in [-0.39, 0.29) is 11.7 Å². The predicted octanol–water partition coefficient (Wildman–Crippen LogP) is 0.787. The molecular formula is C12H14N4O2. The molecule has 0 saturated carbocycles. The van der Waals surface area contributed by atoms with Crippen LogP contribution in [-0.4, -0.2) is 32.6 Å². The molecule has 0 atom stereocenters. The fourth-order valence-corrected chi connectivity index (χ4v) is 1.55. The van der Waals surface area contributed by atoms with Gasteiger partial charge in [0.15, 0.2) is 0 Å². The van der Waals surface area contributed by atoms with Crippen molar-refractivity contribution < 1.29 is 9.90 Å². The van der Waals surface area contributed by atoms with E-state index < -0.39 is 0 Å². The molecule has 94 valence electrons. The topological polar surface area (TPSA) is 80.0 Å². The van der Waals surface area contributed by atoms with Gasteiger partial charge in [0.1, 0.15) is 11.4 Å². The molecule has 0 spiro atoms. The normalized spacial score (nSPS) is 10.3. The second-order valence-corrected chi connectivity index (χ2v) is 3.90. The zero-order valence-corrected chi connectivity index (χ0v) is 10.00. The van der Waals surface area contributed by atoms with Gasteiger partial charge in [-0.3, -0.25) is 9.48 Å². The van der Waals surface area contributed by atoms with E-state index in [0.29, 0.717) is 18.8 Å². The molecule has 0 radical (unpaired) electrons. The van der Waals surface area contributed by atoms with E-state index in [4.69, 9.17) is 0 Å². The van der Waals surface area contributed by atoms with E-state index >= 15 is 0 Å². The van der Waals surface area contributed by atoms with Gasteiger partial charge in [0.2, 0.25) is 5.91 Å². The summed E-state index contributed by atoms with van der Waals surface area (Å²) in [5, 5.41) is 20.0. The van der Waals surface area contributed by atoms with Crippen LogP contribution in [0.2, 0.25) is 0 Å². The summed E-state index contributed by atoms with van der Waals surface area (Å²) >= 11 is 0. The summed E-state index contributed by atoms with van der Waals surface area (Å²) in [6, 6.07) is 6.83. The lowest BCUT2D eigenvalue weighted by molar-refractivity contribution is -0.118. The minimum atomic E-state index is -0.0664. The third kappa shape index (κ3) is 3.07. The van der Waals surface area contributed by atoms with Crippen molar-refractivity contribution in [1.29, 1.82) is 0 Å². The molecule has 2 aromatic rings. The number of hydrogen-bond donors (Lipinski definition) is 2. The van der Waals surface area contributed by atoms with Crippen LogP contribution in [0.4, 0.5) is 0 Å². The van der Waals surface area contributed by atoms with Crippen LogP contribution in [0.3, 0.4) is 0 Å². The first-order chi connectivity index (χ1) is 8.65. The summed E-state index contributed by atoms with van der Waals surface area (Å²) in [6.07, 6.45) is 1.77. The summed E-state index contributed by atoms with van der Waals surface area (Å²) in [5.74, 6) is 0.128. The minimum absolute atomic E-state index is 0.0664. The summed E-state index contributed by atoms with van der Waals surface area (Å²) in [7, 11) is 0. The highest BCUT2D eigenvalue weighted by Crippen LogP contribution is 2.20. The fraction of sp³-hybridized carbons (Fsp3) is 0.250. The highest BCUT2D eigenvalue weighted by Gasteiger charge is 2.04. The van der Waals surface area contributed by atoms with Crippen molar-refractivity contribution >= 4 is 5.91 Å². The minimum Gasteiger partial charge on any atom is -0.508 e. The van der Waals surface area contributed by atoms with Gasteiger partial charge in [-0.15, -0.1) is 5.10 Å². The maximum atomic E-state index is 10.7. The predicted molar refractivity (Wildman–Crippen MR) is 65.8 cm³/mol. The third-order valence-corrected chi connectivity index (χ3v) is 2.40. The largest absolute Gasteiger partial charge is 0.508 e. The van der Waals surface area contributed by atoms with E-state index in [1.54, 1.807) is 29.1 Å². The first-order valence-corrected chi connectivity index (χ1v) is 5.59. The van der Waals surface area contributed by atoms with Gasteiger partial charge >= 0.3 is 0 Å². The number of nitrogens with one attached hydrogen (secondary N) is 1. The average Bonchev–Trinajstić information content (AvgIpc) is 2.77. The van der Waals surface area contributed by atoms with Crippen molar-refractivity contribution in [2.45, 2.75) is 13.5 Å². The van der Waals surface area contributed by atoms with Crippen LogP contribution in [0.1, 0.15) is 6.92 Å². The van der Waals surface area contributed by atoms with Gasteiger partial charge in [0, 0.05) is 19.0 Å². The van der Waals surface area contributed by atoms with Crippen molar-refractivity contribution in [2.75, 3.05) is 6.54 Å². The number of aromatic hydroxyl groups is 1. The Labute approximate surface area is 104 Å². The molecule has 0 bridgehead atoms. The monoisotopic (exact) mass is 246 g/mol. The lowest BCUT2D eigenvalue weighted by Crippen LogP contribution is -2.24. The number of amides is 1. The number of aromatic nitrogens is 3. The molecule has 1 aromatic carbocycles. The van der Waals surface area contributed by atoms with Crippen molar-refractivity contribution in [2.24, 2.45) is 0 Å². The molecule has 0 aliphatic heterocycles. The molecule has 0 aliphatic carbocycles. The van der Waals surface area contributed by atoms with Crippen molar-refractivity contribution in [3.8, 4) is 17.0 Å². The third-order valence-electron chi connectivity index (χ3n) is 2.40. The Kier molecular flexibility index (Phi) is 3.57. The van der Waals surface area contributed by atoms with Gasteiger partial charge in [0.05, 0.1) is 12.7 Å². The number of phenols is 1. The van der Waals surface area contributed by atoms with Crippen LogP contribution >= 0.6 is 0 Å². The van der Waals surface area contributed by atoms with E-state index in [2.05, 4.69) is 15.6 Å². The molecule has 1 aromatic heterocycles. The van der Waals surface area contributed by atoms with Gasteiger partial charge in [-0.1, -0.05) is 17.3 Å². The van der Waals surface area contributed by atoms with Gasteiger partial charge in [-0.2, -0.15) is 0 Å². The molecule has 0 fully saturated rings. The number of carbonyl (C=O) groups is 1. The Morgan fingerprint density at radius 3 is 3.06 bits per heavy atom. The lowest BCUT2D eigenvalue weighted by Gasteiger charge is -2.00. The molecule has 1 heterocycles. The first kappa shape index (κ1) is 12.1. The number of hydrogen-bond acceptors (Lipinski definition) is 4. The Morgan fingerprint density at radius 1 is 1.50 bits per heavy atom. The quantitative estimate of drug-likeness (QED) is 0.835. The summed E-state index contributed by atoms with van der Waals surface area (Å²) in [4.78, 5) is 10.7. The SMILES string of the molecule is CC(=O)NCCn1cc(-c2cccc(O)c2)nn1. The zero-order chi connectivity index (χ0) is 13.0. The standard InChI is InChI=1S/C12H14N4O2/c1-9(17)13-5-6-16-8-12(14-15-16)10-3-2-4-11(18)7-10/h2-4,7-8,18H,5-6H2,1H3,(H,13,17). The van der Waals surface area contributed by atoms with Crippen molar-refractivity contribution in [3.05, 3.63) is 30.5 Å². The van der Waals surface area contributed by atoms with Crippen molar-refractivity contribution in [3.63, 3.8) is 0 Å². The van der Waals surface area contributed by atoms with E-state index in [1.807, 2.05) is 6.07 Å². The van der Waals surface area contributed by atoms with E-state index in [1.165, 1.54) is 6.92 Å². The van der Waals surface area contributed by atoms with Crippen LogP contribution in [0.5, 0.6) is 5.75 Å². The molecule has 18 heavy (non-hydrogen) atoms. The smallest absolute Gasteiger partial charge is 0.216 e. The number of nitrogens with zero attached hydrogens (tertiary/aromatic N) is 3. The zero-order valence-electron chi connectivity index (χ0n) is 10.00. The second-order valence-electron chi connectivity index (χ2n) is 3.90. The Hall–Kier alpha value is -2.37. The number of carbonyl (C=O) groups excluding carboxylic acids is 1. The van der Waals surface area contributed by atoms with E-state index in [0.717, 1.165) is 5.56 Å². The maximum Gasteiger partial charge on any atom is 0.216 e. The average molecular weight is 246 g/mol. The fourth-order valence-electron chi connectivity index (χ4n) is 1.55. The molecule has 6 nitrogen and oxygen atoms in total. The summed E-state index contributed by atoms with van der Waals surface area (Å²) in [5.41, 5.74) is 1.49. The molecular weight excluding hydrogens is 232 g/mol. The molecule has 2 N–H and O–H groups in total. The highest BCUT2D eigenvalue weighted by molar-refractivity contribution is 5.72. The second kappa shape index (κ2) is 5.31. The molecule has 0 aliphatic rings. The molecule has 1 amide bonds. The Balaban J connectivity index is 2.04. The Bertz CT molecular complexity index is 551. The van der Waals surface area contributed by atoms with Gasteiger partial charge in [-0.05, 0) is 12.1 Å². The number of rotatable bonds is 4. The van der Waals surface area contributed by atoms with Gasteiger partial charge < -0.3 is 10.4 Å².